The average molecular weight is 414 g/mol. The fourth-order valence-corrected chi connectivity index (χ4v) is 2.36. The molecule has 27 heavy (non-hydrogen) atoms. The Bertz CT molecular complexity index is 876. The third-order valence-electron chi connectivity index (χ3n) is 3.57. The summed E-state index contributed by atoms with van der Waals surface area (Å²) in [6.45, 7) is 1.85. The van der Waals surface area contributed by atoms with E-state index >= 15 is 0 Å². The zero-order valence-electron chi connectivity index (χ0n) is 13.9. The quantitative estimate of drug-likeness (QED) is 0.660. The van der Waals surface area contributed by atoms with Crippen LogP contribution in [0.4, 0.5) is 38.0 Å². The van der Waals surface area contributed by atoms with Crippen LogP contribution in [-0.2, 0) is 18.9 Å². The van der Waals surface area contributed by atoms with Gasteiger partial charge in [-0.1, -0.05) is 24.9 Å². The maximum absolute atomic E-state index is 13.0. The highest BCUT2D eigenvalue weighted by Crippen LogP contribution is 2.35. The highest BCUT2D eigenvalue weighted by atomic mass is 35.5. The van der Waals surface area contributed by atoms with Crippen LogP contribution < -0.4 is 10.9 Å². The molecule has 11 heteroatoms. The number of halogens is 7. The molecule has 0 radical (unpaired) electrons. The van der Waals surface area contributed by atoms with E-state index in [1.54, 1.807) is 6.92 Å². The highest BCUT2D eigenvalue weighted by Gasteiger charge is 2.34. The van der Waals surface area contributed by atoms with E-state index in [1.165, 1.54) is 0 Å². The Labute approximate surface area is 154 Å². The molecule has 2 aromatic rings. The molecule has 1 N–H and O–H groups in total. The second-order valence-electron chi connectivity index (χ2n) is 5.62. The van der Waals surface area contributed by atoms with Crippen molar-refractivity contribution in [2.45, 2.75) is 38.7 Å². The van der Waals surface area contributed by atoms with Gasteiger partial charge in [0.25, 0.3) is 5.56 Å². The van der Waals surface area contributed by atoms with Crippen LogP contribution in [-0.4, -0.2) is 9.55 Å². The van der Waals surface area contributed by atoms with Gasteiger partial charge in [0.05, 0.1) is 16.3 Å². The minimum absolute atomic E-state index is 0.0411. The van der Waals surface area contributed by atoms with E-state index in [9.17, 15) is 31.1 Å². The van der Waals surface area contributed by atoms with Gasteiger partial charge in [0.1, 0.15) is 0 Å². The molecule has 4 nitrogen and oxygen atoms in total. The van der Waals surface area contributed by atoms with Gasteiger partial charge in [-0.25, -0.2) is 4.98 Å². The number of hydrogen-bond acceptors (Lipinski definition) is 3. The summed E-state index contributed by atoms with van der Waals surface area (Å²) in [7, 11) is 0. The van der Waals surface area contributed by atoms with Crippen LogP contribution >= 0.6 is 11.6 Å². The van der Waals surface area contributed by atoms with Crippen molar-refractivity contribution in [2.75, 3.05) is 5.32 Å². The monoisotopic (exact) mass is 413 g/mol. The van der Waals surface area contributed by atoms with Crippen LogP contribution in [0.5, 0.6) is 0 Å². The van der Waals surface area contributed by atoms with Gasteiger partial charge >= 0.3 is 12.4 Å². The molecule has 1 heterocycles. The largest absolute Gasteiger partial charge is 0.433 e. The van der Waals surface area contributed by atoms with Gasteiger partial charge in [0, 0.05) is 12.6 Å². The number of anilines is 2. The first-order chi connectivity index (χ1) is 12.4. The number of benzene rings is 1. The molecule has 0 aliphatic carbocycles. The molecule has 0 spiro atoms. The molecular weight excluding hydrogens is 400 g/mol. The Balaban J connectivity index is 2.56. The molecule has 0 aliphatic rings. The maximum atomic E-state index is 13.0. The van der Waals surface area contributed by atoms with Gasteiger partial charge in [-0.3, -0.25) is 9.36 Å². The first kappa shape index (κ1) is 21.1. The molecule has 1 aromatic carbocycles. The lowest BCUT2D eigenvalue weighted by molar-refractivity contribution is -0.141. The average Bonchev–Trinajstić information content (AvgIpc) is 2.54. The van der Waals surface area contributed by atoms with E-state index in [0.29, 0.717) is 25.0 Å². The molecule has 0 bridgehead atoms. The number of aromatic nitrogens is 2. The fraction of sp³-hybridized carbons (Fsp3) is 0.375. The number of nitrogens with zero attached hydrogens (tertiary/aromatic N) is 2. The Morgan fingerprint density at radius 1 is 1.11 bits per heavy atom. The maximum Gasteiger partial charge on any atom is 0.433 e. The fourth-order valence-electron chi connectivity index (χ4n) is 2.20. The van der Waals surface area contributed by atoms with Crippen molar-refractivity contribution in [1.29, 1.82) is 0 Å². The summed E-state index contributed by atoms with van der Waals surface area (Å²) in [5.41, 5.74) is -3.80. The van der Waals surface area contributed by atoms with Crippen molar-refractivity contribution >= 4 is 23.2 Å². The number of unbranched alkanes of at least 4 members (excludes halogenated alkanes) is 1. The van der Waals surface area contributed by atoms with E-state index in [1.807, 2.05) is 0 Å². The Morgan fingerprint density at radius 2 is 1.78 bits per heavy atom. The van der Waals surface area contributed by atoms with Gasteiger partial charge in [0.15, 0.2) is 5.69 Å². The molecule has 0 saturated heterocycles. The summed E-state index contributed by atoms with van der Waals surface area (Å²) in [6, 6.07) is 2.67. The molecule has 1 aromatic heterocycles. The third kappa shape index (κ3) is 5.15. The van der Waals surface area contributed by atoms with Gasteiger partial charge in [-0.15, -0.1) is 0 Å². The standard InChI is InChI=1S/C16H14ClF6N3O/c1-2-3-6-26-13(27)8-12(16(21,22)23)25-14(26)24-11-7-9(15(18,19)20)4-5-10(11)17/h4-5,7-8H,2-3,6H2,1H3,(H,24,25). The molecule has 0 amide bonds. The topological polar surface area (TPSA) is 46.9 Å². The van der Waals surface area contributed by atoms with E-state index in [0.717, 1.165) is 16.7 Å². The number of nitrogens with one attached hydrogen (secondary N) is 1. The minimum Gasteiger partial charge on any atom is -0.324 e. The molecular formula is C16H14ClF6N3O. The van der Waals surface area contributed by atoms with E-state index in [4.69, 9.17) is 11.6 Å². The Hall–Kier alpha value is -2.23. The lowest BCUT2D eigenvalue weighted by atomic mass is 10.2. The molecule has 0 saturated carbocycles. The second kappa shape index (κ2) is 7.79. The molecule has 0 aliphatic heterocycles. The Morgan fingerprint density at radius 3 is 2.33 bits per heavy atom. The summed E-state index contributed by atoms with van der Waals surface area (Å²) in [5, 5.41) is 2.17. The molecule has 2 rings (SSSR count). The van der Waals surface area contributed by atoms with E-state index < -0.39 is 35.1 Å². The second-order valence-corrected chi connectivity index (χ2v) is 6.03. The van der Waals surface area contributed by atoms with Gasteiger partial charge < -0.3 is 5.32 Å². The smallest absolute Gasteiger partial charge is 0.324 e. The molecule has 148 valence electrons. The van der Waals surface area contributed by atoms with Crippen molar-refractivity contribution in [2.24, 2.45) is 0 Å². The third-order valence-corrected chi connectivity index (χ3v) is 3.90. The predicted molar refractivity (Wildman–Crippen MR) is 88.1 cm³/mol. The zero-order chi connectivity index (χ0) is 20.4. The van der Waals surface area contributed by atoms with E-state index in [2.05, 4.69) is 10.3 Å². The summed E-state index contributed by atoms with van der Waals surface area (Å²) in [5.74, 6) is -0.538. The summed E-state index contributed by atoms with van der Waals surface area (Å²) >= 11 is 5.86. The molecule has 0 fully saturated rings. The van der Waals surface area contributed by atoms with Crippen LogP contribution in [0.15, 0.2) is 29.1 Å². The predicted octanol–water partition coefficient (Wildman–Crippen LogP) is 5.48. The molecule has 0 unspecified atom stereocenters. The minimum atomic E-state index is -4.89. The number of hydrogen-bond donors (Lipinski definition) is 1. The summed E-state index contributed by atoms with van der Waals surface area (Å²) in [6.07, 6.45) is -8.48. The van der Waals surface area contributed by atoms with Crippen molar-refractivity contribution in [3.63, 3.8) is 0 Å². The van der Waals surface area contributed by atoms with Crippen LogP contribution in [0.2, 0.25) is 5.02 Å². The Kier molecular flexibility index (Phi) is 6.08. The first-order valence-corrected chi connectivity index (χ1v) is 8.14. The van der Waals surface area contributed by atoms with E-state index in [-0.39, 0.29) is 17.3 Å². The van der Waals surface area contributed by atoms with Crippen molar-refractivity contribution in [1.82, 2.24) is 9.55 Å². The highest BCUT2D eigenvalue weighted by molar-refractivity contribution is 6.33. The van der Waals surface area contributed by atoms with Crippen LogP contribution in [0, 0.1) is 0 Å². The normalized spacial score (nSPS) is 12.3. The number of rotatable bonds is 5. The SMILES string of the molecule is CCCCn1c(Nc2cc(C(F)(F)F)ccc2Cl)nc(C(F)(F)F)cc1=O. The lowest BCUT2D eigenvalue weighted by Gasteiger charge is -2.17. The summed E-state index contributed by atoms with van der Waals surface area (Å²) in [4.78, 5) is 15.5. The van der Waals surface area contributed by atoms with Gasteiger partial charge in [-0.2, -0.15) is 26.3 Å². The van der Waals surface area contributed by atoms with Gasteiger partial charge in [-0.05, 0) is 24.6 Å². The van der Waals surface area contributed by atoms with Crippen molar-refractivity contribution in [3.05, 3.63) is 50.9 Å². The first-order valence-electron chi connectivity index (χ1n) is 7.76. The molecule has 0 atom stereocenters. The van der Waals surface area contributed by atoms with Gasteiger partial charge in [0.2, 0.25) is 5.95 Å². The lowest BCUT2D eigenvalue weighted by Crippen LogP contribution is -2.27. The van der Waals surface area contributed by atoms with Crippen molar-refractivity contribution < 1.29 is 26.3 Å². The van der Waals surface area contributed by atoms with Crippen molar-refractivity contribution in [3.8, 4) is 0 Å². The van der Waals surface area contributed by atoms with Crippen LogP contribution in [0.3, 0.4) is 0 Å². The summed E-state index contributed by atoms with van der Waals surface area (Å²) < 4.78 is 78.4. The van der Waals surface area contributed by atoms with Crippen LogP contribution in [0.25, 0.3) is 0 Å². The number of alkyl halides is 6. The van der Waals surface area contributed by atoms with Crippen LogP contribution in [0.1, 0.15) is 31.0 Å². The zero-order valence-corrected chi connectivity index (χ0v) is 14.6.